The van der Waals surface area contributed by atoms with E-state index in [4.69, 9.17) is 4.74 Å². The van der Waals surface area contributed by atoms with Crippen molar-refractivity contribution in [2.24, 2.45) is 0 Å². The van der Waals surface area contributed by atoms with Gasteiger partial charge in [0.15, 0.2) is 0 Å². The molecule has 2 rings (SSSR count). The predicted octanol–water partition coefficient (Wildman–Crippen LogP) is 3.40. The van der Waals surface area contributed by atoms with Crippen LogP contribution in [0.1, 0.15) is 56.6 Å². The summed E-state index contributed by atoms with van der Waals surface area (Å²) in [5.74, 6) is 0.705. The molecule has 1 saturated carbocycles. The van der Waals surface area contributed by atoms with Crippen LogP contribution in [-0.2, 0) is 14.9 Å². The molecule has 0 saturated heterocycles. The Balaban J connectivity index is 0.00000312. The summed E-state index contributed by atoms with van der Waals surface area (Å²) in [7, 11) is 1.69. The molecule has 0 bridgehead atoms. The van der Waals surface area contributed by atoms with E-state index in [1.807, 2.05) is 0 Å². The molecule has 1 aromatic rings. The van der Waals surface area contributed by atoms with Gasteiger partial charge >= 0.3 is 0 Å². The van der Waals surface area contributed by atoms with Gasteiger partial charge in [0.25, 0.3) is 0 Å². The highest BCUT2D eigenvalue weighted by atomic mass is 35.5. The Kier molecular flexibility index (Phi) is 9.47. The second kappa shape index (κ2) is 10.8. The number of carbonyl (C=O) groups excluding carboxylic acids is 1. The Hall–Kier alpha value is -1.10. The highest BCUT2D eigenvalue weighted by molar-refractivity contribution is 5.88. The zero-order valence-corrected chi connectivity index (χ0v) is 16.6. The van der Waals surface area contributed by atoms with Gasteiger partial charge in [0.1, 0.15) is 0 Å². The second-order valence-electron chi connectivity index (χ2n) is 7.06. The van der Waals surface area contributed by atoms with Gasteiger partial charge in [0, 0.05) is 26.7 Å². The molecule has 0 heterocycles. The third-order valence-corrected chi connectivity index (χ3v) is 5.09. The lowest BCUT2D eigenvalue weighted by molar-refractivity contribution is -0.126. The standard InChI is InChI=1S/C20H32N2O2.ClH/c1-16(2)17-6-8-18(9-7-17)20(10-4-5-11-20)19(23)22-13-12-21-14-15-24-3;/h6-9,16,21H,4-5,10-15H2,1-3H3,(H,22,23);1H. The fraction of sp³-hybridized carbons (Fsp3) is 0.650. The first-order chi connectivity index (χ1) is 11.6. The number of ether oxygens (including phenoxy) is 1. The van der Waals surface area contributed by atoms with Crippen LogP contribution in [-0.4, -0.2) is 39.3 Å². The van der Waals surface area contributed by atoms with Crippen LogP contribution in [0.2, 0.25) is 0 Å². The molecule has 1 aromatic carbocycles. The Morgan fingerprint density at radius 1 is 1.12 bits per heavy atom. The van der Waals surface area contributed by atoms with Crippen LogP contribution in [0.5, 0.6) is 0 Å². The number of halogens is 1. The minimum absolute atomic E-state index is 0. The molecule has 0 aliphatic heterocycles. The van der Waals surface area contributed by atoms with Crippen molar-refractivity contribution in [2.75, 3.05) is 33.4 Å². The SMILES string of the molecule is COCCNCCNC(=O)C1(c2ccc(C(C)C)cc2)CCCC1.Cl. The summed E-state index contributed by atoms with van der Waals surface area (Å²) < 4.78 is 5.00. The van der Waals surface area contributed by atoms with Gasteiger partial charge in [-0.3, -0.25) is 4.79 Å². The van der Waals surface area contributed by atoms with Crippen molar-refractivity contribution in [3.05, 3.63) is 35.4 Å². The Morgan fingerprint density at radius 2 is 1.76 bits per heavy atom. The number of nitrogens with one attached hydrogen (secondary N) is 2. The predicted molar refractivity (Wildman–Crippen MR) is 106 cm³/mol. The molecule has 0 atom stereocenters. The number of hydrogen-bond donors (Lipinski definition) is 2. The van der Waals surface area contributed by atoms with Crippen molar-refractivity contribution in [2.45, 2.75) is 50.9 Å². The molecule has 4 nitrogen and oxygen atoms in total. The molecule has 1 amide bonds. The van der Waals surface area contributed by atoms with Crippen LogP contribution in [0, 0.1) is 0 Å². The lowest BCUT2D eigenvalue weighted by atomic mass is 9.77. The van der Waals surface area contributed by atoms with Crippen LogP contribution in [0.15, 0.2) is 24.3 Å². The van der Waals surface area contributed by atoms with Gasteiger partial charge in [-0.25, -0.2) is 0 Å². The maximum Gasteiger partial charge on any atom is 0.230 e. The lowest BCUT2D eigenvalue weighted by Crippen LogP contribution is -2.44. The van der Waals surface area contributed by atoms with E-state index in [1.165, 1.54) is 11.1 Å². The normalized spacial score (nSPS) is 15.8. The highest BCUT2D eigenvalue weighted by Crippen LogP contribution is 2.41. The lowest BCUT2D eigenvalue weighted by Gasteiger charge is -2.29. The summed E-state index contributed by atoms with van der Waals surface area (Å²) in [5, 5.41) is 6.40. The van der Waals surface area contributed by atoms with E-state index in [0.29, 0.717) is 19.1 Å². The summed E-state index contributed by atoms with van der Waals surface area (Å²) in [6, 6.07) is 8.69. The molecule has 142 valence electrons. The topological polar surface area (TPSA) is 50.4 Å². The van der Waals surface area contributed by atoms with E-state index in [1.54, 1.807) is 7.11 Å². The summed E-state index contributed by atoms with van der Waals surface area (Å²) in [5.41, 5.74) is 2.17. The van der Waals surface area contributed by atoms with Crippen molar-refractivity contribution in [1.29, 1.82) is 0 Å². The fourth-order valence-corrected chi connectivity index (χ4v) is 3.55. The second-order valence-corrected chi connectivity index (χ2v) is 7.06. The molecule has 0 unspecified atom stereocenters. The zero-order valence-electron chi connectivity index (χ0n) is 15.8. The third-order valence-electron chi connectivity index (χ3n) is 5.09. The van der Waals surface area contributed by atoms with Crippen LogP contribution in [0.25, 0.3) is 0 Å². The van der Waals surface area contributed by atoms with E-state index in [2.05, 4.69) is 48.7 Å². The largest absolute Gasteiger partial charge is 0.383 e. The van der Waals surface area contributed by atoms with Gasteiger partial charge < -0.3 is 15.4 Å². The molecule has 1 aliphatic carbocycles. The summed E-state index contributed by atoms with van der Waals surface area (Å²) >= 11 is 0. The summed E-state index contributed by atoms with van der Waals surface area (Å²) in [6.45, 7) is 7.34. The number of methoxy groups -OCH3 is 1. The molecule has 0 radical (unpaired) electrons. The van der Waals surface area contributed by atoms with Gasteiger partial charge in [-0.15, -0.1) is 12.4 Å². The van der Waals surface area contributed by atoms with E-state index in [0.717, 1.165) is 38.8 Å². The molecule has 2 N–H and O–H groups in total. The molecule has 1 aliphatic rings. The Morgan fingerprint density at radius 3 is 2.32 bits per heavy atom. The molecule has 25 heavy (non-hydrogen) atoms. The van der Waals surface area contributed by atoms with E-state index in [9.17, 15) is 4.79 Å². The minimum atomic E-state index is -0.331. The highest BCUT2D eigenvalue weighted by Gasteiger charge is 2.42. The van der Waals surface area contributed by atoms with Gasteiger partial charge in [0.2, 0.25) is 5.91 Å². The number of benzene rings is 1. The van der Waals surface area contributed by atoms with Gasteiger partial charge in [-0.05, 0) is 29.9 Å². The first-order valence-electron chi connectivity index (χ1n) is 9.18. The first kappa shape index (κ1) is 21.9. The van der Waals surface area contributed by atoms with Crippen molar-refractivity contribution in [1.82, 2.24) is 10.6 Å². The van der Waals surface area contributed by atoms with Crippen molar-refractivity contribution in [3.8, 4) is 0 Å². The number of carbonyl (C=O) groups is 1. The third kappa shape index (κ3) is 5.70. The zero-order chi connectivity index (χ0) is 17.4. The molecule has 0 aromatic heterocycles. The Bertz CT molecular complexity index is 511. The van der Waals surface area contributed by atoms with Crippen molar-refractivity contribution >= 4 is 18.3 Å². The maximum atomic E-state index is 12.9. The molecule has 1 fully saturated rings. The Labute approximate surface area is 158 Å². The number of rotatable bonds is 9. The van der Waals surface area contributed by atoms with Crippen LogP contribution in [0.4, 0.5) is 0 Å². The summed E-state index contributed by atoms with van der Waals surface area (Å²) in [6.07, 6.45) is 4.17. The van der Waals surface area contributed by atoms with Gasteiger partial charge in [-0.2, -0.15) is 0 Å². The summed E-state index contributed by atoms with van der Waals surface area (Å²) in [4.78, 5) is 12.9. The fourth-order valence-electron chi connectivity index (χ4n) is 3.55. The monoisotopic (exact) mass is 368 g/mol. The van der Waals surface area contributed by atoms with Gasteiger partial charge in [-0.1, -0.05) is 51.0 Å². The van der Waals surface area contributed by atoms with Crippen LogP contribution in [0.3, 0.4) is 0 Å². The molecule has 0 spiro atoms. The number of hydrogen-bond acceptors (Lipinski definition) is 3. The minimum Gasteiger partial charge on any atom is -0.383 e. The van der Waals surface area contributed by atoms with Crippen LogP contribution < -0.4 is 10.6 Å². The smallest absolute Gasteiger partial charge is 0.230 e. The van der Waals surface area contributed by atoms with E-state index < -0.39 is 0 Å². The van der Waals surface area contributed by atoms with E-state index in [-0.39, 0.29) is 23.7 Å². The van der Waals surface area contributed by atoms with Crippen LogP contribution >= 0.6 is 12.4 Å². The van der Waals surface area contributed by atoms with Crippen molar-refractivity contribution in [3.63, 3.8) is 0 Å². The van der Waals surface area contributed by atoms with Gasteiger partial charge in [0.05, 0.1) is 12.0 Å². The average Bonchev–Trinajstić information content (AvgIpc) is 3.09. The average molecular weight is 369 g/mol. The molecular formula is C20H33ClN2O2. The van der Waals surface area contributed by atoms with E-state index >= 15 is 0 Å². The molecular weight excluding hydrogens is 336 g/mol. The number of amides is 1. The molecule has 5 heteroatoms. The maximum absolute atomic E-state index is 12.9. The first-order valence-corrected chi connectivity index (χ1v) is 9.18. The quantitative estimate of drug-likeness (QED) is 0.657. The van der Waals surface area contributed by atoms with Crippen molar-refractivity contribution < 1.29 is 9.53 Å².